The van der Waals surface area contributed by atoms with Crippen LogP contribution in [0.15, 0.2) is 54.6 Å². The number of aryl methyl sites for hydroxylation is 4. The molecule has 4 nitrogen and oxygen atoms in total. The molecule has 0 N–H and O–H groups in total. The Morgan fingerprint density at radius 3 is 1.37 bits per heavy atom. The highest BCUT2D eigenvalue weighted by Crippen LogP contribution is 2.51. The fraction of sp³-hybridized carbons (Fsp3) is 0.550. The summed E-state index contributed by atoms with van der Waals surface area (Å²) in [4.78, 5) is 0. The van der Waals surface area contributed by atoms with Gasteiger partial charge in [-0.1, -0.05) is 114 Å². The van der Waals surface area contributed by atoms with Crippen LogP contribution >= 0.6 is 7.47 Å². The Morgan fingerprint density at radius 1 is 0.565 bits per heavy atom. The van der Waals surface area contributed by atoms with Gasteiger partial charge in [0.15, 0.2) is 13.6 Å². The predicted octanol–water partition coefficient (Wildman–Crippen LogP) is 9.57. The number of hydrogen-bond acceptors (Lipinski definition) is 4. The smallest absolute Gasteiger partial charge is 0.188 e. The van der Waals surface area contributed by atoms with Gasteiger partial charge in [-0.05, 0) is 93.2 Å². The van der Waals surface area contributed by atoms with Crippen molar-refractivity contribution in [2.45, 2.75) is 118 Å². The zero-order valence-corrected chi connectivity index (χ0v) is 32.1. The van der Waals surface area contributed by atoms with E-state index in [-0.39, 0.29) is 13.6 Å². The van der Waals surface area contributed by atoms with Crippen LogP contribution in [0.25, 0.3) is 0 Å². The molecule has 0 aromatic heterocycles. The van der Waals surface area contributed by atoms with Gasteiger partial charge < -0.3 is 18.9 Å². The van der Waals surface area contributed by atoms with Gasteiger partial charge in [-0.25, -0.2) is 0 Å². The minimum absolute atomic E-state index is 0.238. The van der Waals surface area contributed by atoms with Gasteiger partial charge >= 0.3 is 0 Å². The fourth-order valence-corrected chi connectivity index (χ4v) is 16.2. The lowest BCUT2D eigenvalue weighted by Crippen LogP contribution is -2.46. The molecule has 0 bridgehead atoms. The van der Waals surface area contributed by atoms with Crippen molar-refractivity contribution in [3.63, 3.8) is 0 Å². The van der Waals surface area contributed by atoms with Crippen LogP contribution in [0, 0.1) is 0 Å². The molecule has 0 fully saturated rings. The van der Waals surface area contributed by atoms with E-state index in [0.717, 1.165) is 62.9 Å². The molecule has 6 heteroatoms. The molecule has 46 heavy (non-hydrogen) atoms. The highest BCUT2D eigenvalue weighted by atomic mass is 31.4. The van der Waals surface area contributed by atoms with Crippen LogP contribution < -0.4 is 25.3 Å². The van der Waals surface area contributed by atoms with E-state index < -0.39 is 15.2 Å². The van der Waals surface area contributed by atoms with Crippen LogP contribution in [0.1, 0.15) is 101 Å². The summed E-state index contributed by atoms with van der Waals surface area (Å²) in [5.41, 5.74) is 5.48. The van der Waals surface area contributed by atoms with Gasteiger partial charge in [-0.3, -0.25) is 0 Å². The Morgan fingerprint density at radius 2 is 0.978 bits per heavy atom. The Kier molecular flexibility index (Phi) is 16.9. The second kappa shape index (κ2) is 20.3. The number of hydrogen-bond donors (Lipinski definition) is 0. The molecular formula is C40H61O4PSi. The summed E-state index contributed by atoms with van der Waals surface area (Å²) in [7, 11) is 0.328. The molecule has 0 saturated heterocycles. The number of unbranched alkanes of at least 4 members (excludes halogenated alkanes) is 4. The first-order chi connectivity index (χ1) is 22.4. The lowest BCUT2D eigenvalue weighted by molar-refractivity contribution is 0.0511. The minimum Gasteiger partial charge on any atom is -0.467 e. The van der Waals surface area contributed by atoms with Crippen molar-refractivity contribution in [1.82, 2.24) is 0 Å². The highest BCUT2D eigenvalue weighted by molar-refractivity contribution is 8.06. The third-order valence-corrected chi connectivity index (χ3v) is 18.9. The van der Waals surface area contributed by atoms with Gasteiger partial charge in [-0.2, -0.15) is 0 Å². The third-order valence-electron chi connectivity index (χ3n) is 8.81. The second-order valence-electron chi connectivity index (χ2n) is 13.0. The lowest BCUT2D eigenvalue weighted by Gasteiger charge is -2.37. The number of rotatable bonds is 22. The summed E-state index contributed by atoms with van der Waals surface area (Å²) in [6, 6.07) is 21.1. The first-order valence-electron chi connectivity index (χ1n) is 17.8. The van der Waals surface area contributed by atoms with E-state index in [9.17, 15) is 0 Å². The summed E-state index contributed by atoms with van der Waals surface area (Å²) in [6.07, 6.45) is 13.4. The monoisotopic (exact) mass is 664 g/mol. The first kappa shape index (κ1) is 38.3. The van der Waals surface area contributed by atoms with Crippen molar-refractivity contribution in [3.05, 3.63) is 76.9 Å². The first-order valence-corrected chi connectivity index (χ1v) is 22.9. The molecule has 0 heterocycles. The van der Waals surface area contributed by atoms with E-state index in [4.69, 9.17) is 18.9 Å². The van der Waals surface area contributed by atoms with E-state index >= 15 is 0 Å². The molecule has 0 unspecified atom stereocenters. The Labute approximate surface area is 283 Å². The van der Waals surface area contributed by atoms with E-state index in [0.29, 0.717) is 0 Å². The molecule has 254 valence electrons. The number of methoxy groups -OCH3 is 2. The van der Waals surface area contributed by atoms with Gasteiger partial charge in [0, 0.05) is 24.8 Å². The van der Waals surface area contributed by atoms with Crippen molar-refractivity contribution in [2.24, 2.45) is 0 Å². The number of benzene rings is 3. The average Bonchev–Trinajstić information content (AvgIpc) is 3.07. The Hall–Kier alpha value is -2.17. The molecule has 3 aromatic carbocycles. The van der Waals surface area contributed by atoms with Crippen LogP contribution in [0.5, 0.6) is 11.5 Å². The topological polar surface area (TPSA) is 36.9 Å². The highest BCUT2D eigenvalue weighted by Gasteiger charge is 2.40. The van der Waals surface area contributed by atoms with Crippen LogP contribution in [-0.4, -0.2) is 35.5 Å². The van der Waals surface area contributed by atoms with Crippen molar-refractivity contribution in [2.75, 3.05) is 27.8 Å². The van der Waals surface area contributed by atoms with Crippen LogP contribution in [0.2, 0.25) is 13.1 Å². The van der Waals surface area contributed by atoms with Gasteiger partial charge in [-0.15, -0.1) is 0 Å². The summed E-state index contributed by atoms with van der Waals surface area (Å²) in [6.45, 7) is 14.7. The zero-order valence-electron chi connectivity index (χ0n) is 30.2. The zero-order chi connectivity index (χ0) is 33.4. The van der Waals surface area contributed by atoms with Crippen molar-refractivity contribution < 1.29 is 18.9 Å². The van der Waals surface area contributed by atoms with E-state index in [1.54, 1.807) is 14.2 Å². The predicted molar refractivity (Wildman–Crippen MR) is 202 cm³/mol. The van der Waals surface area contributed by atoms with E-state index in [1.807, 2.05) is 0 Å². The largest absolute Gasteiger partial charge is 0.467 e. The normalized spacial score (nSPS) is 11.8. The molecule has 0 amide bonds. The molecule has 0 saturated carbocycles. The molecule has 0 aliphatic carbocycles. The van der Waals surface area contributed by atoms with Crippen LogP contribution in [0.3, 0.4) is 0 Å². The van der Waals surface area contributed by atoms with Gasteiger partial charge in [0.05, 0.1) is 0 Å². The van der Waals surface area contributed by atoms with E-state index in [1.165, 1.54) is 63.7 Å². The fourth-order valence-electron chi connectivity index (χ4n) is 6.24. The lowest BCUT2D eigenvalue weighted by atomic mass is 10.0. The van der Waals surface area contributed by atoms with Gasteiger partial charge in [0.1, 0.15) is 19.2 Å². The van der Waals surface area contributed by atoms with E-state index in [2.05, 4.69) is 95.4 Å². The number of ether oxygens (including phenoxy) is 4. The Bertz CT molecular complexity index is 1230. The average molecular weight is 665 g/mol. The van der Waals surface area contributed by atoms with Gasteiger partial charge in [0.2, 0.25) is 0 Å². The van der Waals surface area contributed by atoms with Crippen molar-refractivity contribution >= 4 is 31.0 Å². The summed E-state index contributed by atoms with van der Waals surface area (Å²) in [5.74, 6) is 2.06. The van der Waals surface area contributed by atoms with Crippen molar-refractivity contribution in [1.29, 1.82) is 0 Å². The molecule has 0 atom stereocenters. The van der Waals surface area contributed by atoms with Gasteiger partial charge in [0.25, 0.3) is 0 Å². The quantitative estimate of drug-likeness (QED) is 0.0609. The summed E-state index contributed by atoms with van der Waals surface area (Å²) < 4.78 is 24.5. The molecule has 0 spiro atoms. The molecule has 0 radical (unpaired) electrons. The molecule has 0 aliphatic heterocycles. The SMILES string of the molecule is CCCCc1cc(CCCC)c(OCOC)c(P(c2cc(CCCC)cc(CCCC)c2OCOC)[Si](C)(C)c2ccccc2)c1. The Balaban J connectivity index is 2.50. The van der Waals surface area contributed by atoms with Crippen molar-refractivity contribution in [3.8, 4) is 11.5 Å². The third kappa shape index (κ3) is 10.4. The standard InChI is InChI=1S/C40H61O4PSi/c1-9-13-20-32-26-34(22-15-11-3)39(43-30-41-5)37(28-32)45(46(7,8)36-24-18-17-19-25-36)38-29-33(21-14-10-2)27-35(23-16-12-4)40(38)44-31-42-6/h17-19,24-29H,9-16,20-23,30-31H2,1-8H3. The molecule has 0 aliphatic rings. The molecular weight excluding hydrogens is 603 g/mol. The second-order valence-corrected chi connectivity index (χ2v) is 23.0. The minimum atomic E-state index is -2.23. The molecule has 3 rings (SSSR count). The van der Waals surface area contributed by atoms with Crippen LogP contribution in [0.4, 0.5) is 0 Å². The maximum Gasteiger partial charge on any atom is 0.188 e. The maximum atomic E-state index is 6.67. The maximum absolute atomic E-state index is 6.67. The summed E-state index contributed by atoms with van der Waals surface area (Å²) >= 11 is 0. The summed E-state index contributed by atoms with van der Waals surface area (Å²) in [5, 5.41) is 4.16. The molecule has 3 aromatic rings. The van der Waals surface area contributed by atoms with Crippen LogP contribution in [-0.2, 0) is 35.2 Å².